The fourth-order valence-corrected chi connectivity index (χ4v) is 4.06. The molecule has 0 radical (unpaired) electrons. The number of benzene rings is 2. The quantitative estimate of drug-likeness (QED) is 0.490. The third kappa shape index (κ3) is 5.56. The summed E-state index contributed by atoms with van der Waals surface area (Å²) in [7, 11) is -0.883. The molecule has 9 heteroatoms. The molecule has 0 aliphatic rings. The summed E-state index contributed by atoms with van der Waals surface area (Å²) >= 11 is 0. The number of nitrogens with zero attached hydrogens (tertiary/aromatic N) is 3. The summed E-state index contributed by atoms with van der Waals surface area (Å²) in [5.74, 6) is 0.343. The number of methoxy groups -OCH3 is 1. The van der Waals surface area contributed by atoms with Crippen LogP contribution in [0.4, 0.5) is 0 Å². The molecule has 0 aliphatic carbocycles. The molecule has 0 N–H and O–H groups in total. The van der Waals surface area contributed by atoms with Crippen molar-refractivity contribution in [3.63, 3.8) is 0 Å². The molecule has 3 rings (SSSR count). The Balaban J connectivity index is 1.66. The van der Waals surface area contributed by atoms with Gasteiger partial charge in [0, 0.05) is 12.6 Å². The van der Waals surface area contributed by atoms with Crippen molar-refractivity contribution < 1.29 is 22.5 Å². The maximum Gasteiger partial charge on any atom is 0.337 e. The number of hydrogen-bond acceptors (Lipinski definition) is 7. The van der Waals surface area contributed by atoms with Gasteiger partial charge < -0.3 is 9.26 Å². The van der Waals surface area contributed by atoms with Gasteiger partial charge in [-0.2, -0.15) is 9.29 Å². The normalized spacial score (nSPS) is 11.8. The second-order valence-corrected chi connectivity index (χ2v) is 9.57. The number of rotatable bonds is 8. The monoisotopic (exact) mass is 443 g/mol. The summed E-state index contributed by atoms with van der Waals surface area (Å²) in [6.07, 6.45) is 0. The highest BCUT2D eigenvalue weighted by Gasteiger charge is 2.22. The fraction of sp³-hybridized carbons (Fsp3) is 0.318. The van der Waals surface area contributed by atoms with E-state index in [9.17, 15) is 13.2 Å². The minimum absolute atomic E-state index is 0.0420. The zero-order chi connectivity index (χ0) is 22.6. The Hall–Kier alpha value is -3.04. The molecular formula is C22H25N3O5S. The average molecular weight is 444 g/mol. The molecule has 0 amide bonds. The third-order valence-corrected chi connectivity index (χ3v) is 6.64. The van der Waals surface area contributed by atoms with Crippen molar-refractivity contribution in [1.29, 1.82) is 0 Å². The largest absolute Gasteiger partial charge is 0.465 e. The van der Waals surface area contributed by atoms with Crippen LogP contribution < -0.4 is 0 Å². The summed E-state index contributed by atoms with van der Waals surface area (Å²) < 4.78 is 36.5. The molecule has 0 fully saturated rings. The van der Waals surface area contributed by atoms with E-state index in [0.717, 1.165) is 5.56 Å². The average Bonchev–Trinajstić information content (AvgIpc) is 3.22. The van der Waals surface area contributed by atoms with Crippen molar-refractivity contribution >= 4 is 16.0 Å². The summed E-state index contributed by atoms with van der Waals surface area (Å²) in [4.78, 5) is 15.8. The maximum atomic E-state index is 12.7. The Labute approximate surface area is 181 Å². The van der Waals surface area contributed by atoms with Gasteiger partial charge in [0.15, 0.2) is 0 Å². The molecule has 1 aromatic heterocycles. The van der Waals surface area contributed by atoms with E-state index in [2.05, 4.69) is 28.7 Å². The number of sulfonamides is 1. The topological polar surface area (TPSA) is 103 Å². The van der Waals surface area contributed by atoms with Crippen LogP contribution in [-0.2, 0) is 27.1 Å². The van der Waals surface area contributed by atoms with Gasteiger partial charge in [0.1, 0.15) is 0 Å². The van der Waals surface area contributed by atoms with Crippen LogP contribution in [0, 0.1) is 0 Å². The summed E-state index contributed by atoms with van der Waals surface area (Å²) in [6.45, 7) is 4.19. The van der Waals surface area contributed by atoms with Crippen molar-refractivity contribution in [3.05, 3.63) is 71.1 Å². The molecule has 2 aromatic carbocycles. The Morgan fingerprint density at radius 2 is 1.74 bits per heavy atom. The van der Waals surface area contributed by atoms with Crippen LogP contribution in [0.2, 0.25) is 0 Å². The SMILES string of the molecule is COC(=O)c1ccc(CS(=O)(=O)N(C)Cc2nc(-c3ccc(C(C)C)cc3)no2)cc1. The van der Waals surface area contributed by atoms with Gasteiger partial charge in [0.2, 0.25) is 21.7 Å². The summed E-state index contributed by atoms with van der Waals surface area (Å²) in [6, 6.07) is 14.1. The number of esters is 1. The van der Waals surface area contributed by atoms with Crippen molar-refractivity contribution in [3.8, 4) is 11.4 Å². The van der Waals surface area contributed by atoms with Crippen LogP contribution >= 0.6 is 0 Å². The molecule has 0 unspecified atom stereocenters. The van der Waals surface area contributed by atoms with Gasteiger partial charge in [0.25, 0.3) is 0 Å². The van der Waals surface area contributed by atoms with Gasteiger partial charge in [-0.3, -0.25) is 0 Å². The number of hydrogen-bond donors (Lipinski definition) is 0. The number of carbonyl (C=O) groups is 1. The summed E-state index contributed by atoms with van der Waals surface area (Å²) in [5.41, 5.74) is 2.92. The Bertz CT molecular complexity index is 1140. The smallest absolute Gasteiger partial charge is 0.337 e. The number of ether oxygens (including phenoxy) is 1. The zero-order valence-electron chi connectivity index (χ0n) is 17.9. The van der Waals surface area contributed by atoms with Crippen LogP contribution in [0.3, 0.4) is 0 Å². The van der Waals surface area contributed by atoms with Crippen LogP contribution in [-0.4, -0.2) is 43.0 Å². The second kappa shape index (κ2) is 9.40. The van der Waals surface area contributed by atoms with Crippen molar-refractivity contribution in [2.75, 3.05) is 14.2 Å². The van der Waals surface area contributed by atoms with Gasteiger partial charge >= 0.3 is 5.97 Å². The van der Waals surface area contributed by atoms with E-state index in [-0.39, 0.29) is 18.2 Å². The minimum atomic E-state index is -3.63. The predicted molar refractivity (Wildman–Crippen MR) is 116 cm³/mol. The first-order valence-corrected chi connectivity index (χ1v) is 11.3. The molecule has 0 bridgehead atoms. The minimum Gasteiger partial charge on any atom is -0.465 e. The Morgan fingerprint density at radius 3 is 2.32 bits per heavy atom. The van der Waals surface area contributed by atoms with Gasteiger partial charge in [-0.15, -0.1) is 0 Å². The van der Waals surface area contributed by atoms with Gasteiger partial charge in [0.05, 0.1) is 25.0 Å². The molecule has 8 nitrogen and oxygen atoms in total. The lowest BCUT2D eigenvalue weighted by atomic mass is 10.0. The molecule has 3 aromatic rings. The van der Waals surface area contributed by atoms with E-state index in [1.165, 1.54) is 36.2 Å². The molecule has 0 aliphatic heterocycles. The van der Waals surface area contributed by atoms with E-state index >= 15 is 0 Å². The van der Waals surface area contributed by atoms with E-state index in [1.807, 2.05) is 24.3 Å². The van der Waals surface area contributed by atoms with Gasteiger partial charge in [-0.05, 0) is 29.2 Å². The number of aromatic nitrogens is 2. The van der Waals surface area contributed by atoms with Gasteiger partial charge in [-0.1, -0.05) is 55.4 Å². The Morgan fingerprint density at radius 1 is 1.10 bits per heavy atom. The fourth-order valence-electron chi connectivity index (χ4n) is 2.92. The lowest BCUT2D eigenvalue weighted by Crippen LogP contribution is -2.28. The highest BCUT2D eigenvalue weighted by atomic mass is 32.2. The van der Waals surface area contributed by atoms with Crippen LogP contribution in [0.1, 0.15) is 47.1 Å². The first kappa shape index (κ1) is 22.6. The van der Waals surface area contributed by atoms with Gasteiger partial charge in [-0.25, -0.2) is 13.2 Å². The first-order chi connectivity index (χ1) is 14.7. The summed E-state index contributed by atoms with van der Waals surface area (Å²) in [5, 5.41) is 3.96. The molecule has 164 valence electrons. The molecule has 0 saturated carbocycles. The van der Waals surface area contributed by atoms with Crippen molar-refractivity contribution in [2.45, 2.75) is 32.1 Å². The second-order valence-electron chi connectivity index (χ2n) is 7.49. The standard InChI is InChI=1S/C22H25N3O5S/c1-15(2)17-9-11-18(12-10-17)21-23-20(30-24-21)13-25(3)31(27,28)14-16-5-7-19(8-6-16)22(26)29-4/h5-12,15H,13-14H2,1-4H3. The van der Waals surface area contributed by atoms with E-state index < -0.39 is 16.0 Å². The molecule has 31 heavy (non-hydrogen) atoms. The number of carbonyl (C=O) groups excluding carboxylic acids is 1. The third-order valence-electron chi connectivity index (χ3n) is 4.86. The first-order valence-electron chi connectivity index (χ1n) is 9.74. The molecule has 1 heterocycles. The predicted octanol–water partition coefficient (Wildman–Crippen LogP) is 3.61. The highest BCUT2D eigenvalue weighted by molar-refractivity contribution is 7.88. The molecule has 0 saturated heterocycles. The van der Waals surface area contributed by atoms with E-state index in [0.29, 0.717) is 22.9 Å². The van der Waals surface area contributed by atoms with Crippen LogP contribution in [0.15, 0.2) is 53.1 Å². The molecule has 0 spiro atoms. The van der Waals surface area contributed by atoms with Crippen LogP contribution in [0.5, 0.6) is 0 Å². The lowest BCUT2D eigenvalue weighted by Gasteiger charge is -2.15. The maximum absolute atomic E-state index is 12.7. The Kier molecular flexibility index (Phi) is 6.87. The molecule has 0 atom stereocenters. The molecular weight excluding hydrogens is 418 g/mol. The van der Waals surface area contributed by atoms with E-state index in [4.69, 9.17) is 4.52 Å². The highest BCUT2D eigenvalue weighted by Crippen LogP contribution is 2.21. The van der Waals surface area contributed by atoms with Crippen LogP contribution in [0.25, 0.3) is 11.4 Å². The lowest BCUT2D eigenvalue weighted by molar-refractivity contribution is 0.0600. The van der Waals surface area contributed by atoms with E-state index in [1.54, 1.807) is 12.1 Å². The zero-order valence-corrected chi connectivity index (χ0v) is 18.7. The van der Waals surface area contributed by atoms with Crippen molar-refractivity contribution in [2.24, 2.45) is 0 Å². The van der Waals surface area contributed by atoms with Crippen molar-refractivity contribution in [1.82, 2.24) is 14.4 Å².